The number of unbranched alkanes of at least 4 members (excludes halogenated alkanes) is 1. The average Bonchev–Trinajstić information content (AvgIpc) is 2.20. The highest BCUT2D eigenvalue weighted by atomic mass is 79.9. The van der Waals surface area contributed by atoms with Crippen molar-refractivity contribution in [3.8, 4) is 6.07 Å². The fourth-order valence-corrected chi connectivity index (χ4v) is 1.66. The quantitative estimate of drug-likeness (QED) is 0.788. The lowest BCUT2D eigenvalue weighted by atomic mass is 10.3. The van der Waals surface area contributed by atoms with Crippen molar-refractivity contribution in [1.82, 2.24) is 9.55 Å². The molecule has 0 spiro atoms. The monoisotopic (exact) mass is 269 g/mol. The number of rotatable bonds is 3. The van der Waals surface area contributed by atoms with Crippen molar-refractivity contribution in [3.05, 3.63) is 26.3 Å². The lowest BCUT2D eigenvalue weighted by Crippen LogP contribution is -2.26. The fourth-order valence-electron chi connectivity index (χ4n) is 1.36. The molecule has 0 atom stereocenters. The van der Waals surface area contributed by atoms with Crippen LogP contribution in [0.2, 0.25) is 0 Å². The van der Waals surface area contributed by atoms with E-state index in [9.17, 15) is 4.79 Å². The first-order valence-corrected chi connectivity index (χ1v) is 5.47. The Morgan fingerprint density at radius 1 is 1.53 bits per heavy atom. The van der Waals surface area contributed by atoms with Gasteiger partial charge in [-0.15, -0.1) is 0 Å². The summed E-state index contributed by atoms with van der Waals surface area (Å²) < 4.78 is 2.45. The molecular weight excluding hydrogens is 258 g/mol. The topological polar surface area (TPSA) is 58.7 Å². The molecule has 0 saturated heterocycles. The molecule has 0 N–H and O–H groups in total. The highest BCUT2D eigenvalue weighted by Gasteiger charge is 2.08. The molecule has 0 aliphatic rings. The molecule has 0 bridgehead atoms. The number of aryl methyl sites for hydroxylation is 1. The van der Waals surface area contributed by atoms with Crippen LogP contribution in [-0.2, 0) is 6.54 Å². The molecule has 1 rings (SSSR count). The second-order valence-electron chi connectivity index (χ2n) is 3.29. The Hall–Kier alpha value is -1.15. The summed E-state index contributed by atoms with van der Waals surface area (Å²) in [6, 6.07) is 2.06. The summed E-state index contributed by atoms with van der Waals surface area (Å²) in [6.45, 7) is 4.20. The van der Waals surface area contributed by atoms with Crippen molar-refractivity contribution in [2.75, 3.05) is 0 Å². The normalized spacial score (nSPS) is 10.0. The summed E-state index contributed by atoms with van der Waals surface area (Å²) in [5.41, 5.74) is 1.32. The molecule has 0 radical (unpaired) electrons. The van der Waals surface area contributed by atoms with Gasteiger partial charge < -0.3 is 0 Å². The SMILES string of the molecule is Cc1nc(=O)n(CCCC#N)c(C)c1Br. The van der Waals surface area contributed by atoms with Crippen LogP contribution in [0.3, 0.4) is 0 Å². The van der Waals surface area contributed by atoms with E-state index in [0.717, 1.165) is 10.2 Å². The number of nitriles is 1. The minimum atomic E-state index is -0.244. The van der Waals surface area contributed by atoms with Crippen LogP contribution in [0.4, 0.5) is 0 Å². The van der Waals surface area contributed by atoms with Crippen molar-refractivity contribution in [2.45, 2.75) is 33.2 Å². The zero-order valence-corrected chi connectivity index (χ0v) is 10.3. The summed E-state index contributed by atoms with van der Waals surface area (Å²) in [7, 11) is 0. The Morgan fingerprint density at radius 3 is 2.80 bits per heavy atom. The summed E-state index contributed by atoms with van der Waals surface area (Å²) in [4.78, 5) is 15.4. The maximum atomic E-state index is 11.6. The third-order valence-electron chi connectivity index (χ3n) is 2.20. The van der Waals surface area contributed by atoms with Crippen LogP contribution < -0.4 is 5.69 Å². The Bertz CT molecular complexity index is 459. The Morgan fingerprint density at radius 2 is 2.20 bits per heavy atom. The van der Waals surface area contributed by atoms with E-state index in [-0.39, 0.29) is 5.69 Å². The first-order valence-electron chi connectivity index (χ1n) is 4.68. The summed E-state index contributed by atoms with van der Waals surface area (Å²) in [5.74, 6) is 0. The second-order valence-corrected chi connectivity index (χ2v) is 4.09. The summed E-state index contributed by atoms with van der Waals surface area (Å²) in [6.07, 6.45) is 1.13. The molecule has 0 unspecified atom stereocenters. The largest absolute Gasteiger partial charge is 0.348 e. The smallest absolute Gasteiger partial charge is 0.295 e. The molecule has 80 valence electrons. The van der Waals surface area contributed by atoms with E-state index in [1.807, 2.05) is 6.92 Å². The van der Waals surface area contributed by atoms with Crippen molar-refractivity contribution in [2.24, 2.45) is 0 Å². The molecule has 0 saturated carbocycles. The van der Waals surface area contributed by atoms with Gasteiger partial charge in [-0.3, -0.25) is 4.57 Å². The number of hydrogen-bond acceptors (Lipinski definition) is 3. The van der Waals surface area contributed by atoms with Gasteiger partial charge in [-0.05, 0) is 36.2 Å². The molecule has 0 aliphatic heterocycles. The molecule has 5 heteroatoms. The number of halogens is 1. The van der Waals surface area contributed by atoms with E-state index in [2.05, 4.69) is 27.0 Å². The molecular formula is C10H12BrN3O. The van der Waals surface area contributed by atoms with Crippen LogP contribution in [0.25, 0.3) is 0 Å². The third-order valence-corrected chi connectivity index (χ3v) is 3.35. The van der Waals surface area contributed by atoms with Crippen molar-refractivity contribution < 1.29 is 0 Å². The predicted molar refractivity (Wildman–Crippen MR) is 60.5 cm³/mol. The summed E-state index contributed by atoms with van der Waals surface area (Å²) >= 11 is 3.39. The first-order chi connectivity index (χ1) is 7.07. The standard InChI is InChI=1S/C10H12BrN3O/c1-7-9(11)8(2)14(10(15)13-7)6-4-3-5-12/h3-4,6H2,1-2H3. The van der Waals surface area contributed by atoms with Gasteiger partial charge >= 0.3 is 5.69 Å². The molecule has 1 aromatic heterocycles. The molecule has 0 amide bonds. The molecule has 1 heterocycles. The van der Waals surface area contributed by atoms with E-state index in [0.29, 0.717) is 25.1 Å². The maximum Gasteiger partial charge on any atom is 0.348 e. The molecule has 0 aliphatic carbocycles. The van der Waals surface area contributed by atoms with E-state index in [4.69, 9.17) is 5.26 Å². The predicted octanol–water partition coefficient (Wildman–Crippen LogP) is 1.93. The molecule has 0 fully saturated rings. The number of hydrogen-bond donors (Lipinski definition) is 0. The molecule has 0 aromatic carbocycles. The molecule has 15 heavy (non-hydrogen) atoms. The van der Waals surface area contributed by atoms with Crippen molar-refractivity contribution >= 4 is 15.9 Å². The van der Waals surface area contributed by atoms with Gasteiger partial charge in [-0.1, -0.05) is 0 Å². The maximum absolute atomic E-state index is 11.6. The van der Waals surface area contributed by atoms with E-state index in [1.54, 1.807) is 11.5 Å². The third kappa shape index (κ3) is 2.66. The average molecular weight is 270 g/mol. The highest BCUT2D eigenvalue weighted by molar-refractivity contribution is 9.10. The van der Waals surface area contributed by atoms with Crippen LogP contribution in [0.15, 0.2) is 9.27 Å². The minimum Gasteiger partial charge on any atom is -0.295 e. The van der Waals surface area contributed by atoms with Gasteiger partial charge in [0.25, 0.3) is 0 Å². The van der Waals surface area contributed by atoms with Crippen LogP contribution in [-0.4, -0.2) is 9.55 Å². The Kier molecular flexibility index (Phi) is 4.04. The highest BCUT2D eigenvalue weighted by Crippen LogP contribution is 2.16. The van der Waals surface area contributed by atoms with Gasteiger partial charge in [0.05, 0.1) is 16.2 Å². The second kappa shape index (κ2) is 5.08. The zero-order chi connectivity index (χ0) is 11.4. The van der Waals surface area contributed by atoms with E-state index >= 15 is 0 Å². The first kappa shape index (κ1) is 11.9. The van der Waals surface area contributed by atoms with Crippen LogP contribution in [0, 0.1) is 25.2 Å². The summed E-state index contributed by atoms with van der Waals surface area (Å²) in [5, 5.41) is 8.42. The van der Waals surface area contributed by atoms with Gasteiger partial charge in [0.2, 0.25) is 0 Å². The van der Waals surface area contributed by atoms with Gasteiger partial charge in [-0.25, -0.2) is 4.79 Å². The van der Waals surface area contributed by atoms with Crippen LogP contribution in [0.5, 0.6) is 0 Å². The lowest BCUT2D eigenvalue weighted by molar-refractivity contribution is 0.594. The Labute approximate surface area is 96.7 Å². The number of aromatic nitrogens is 2. The lowest BCUT2D eigenvalue weighted by Gasteiger charge is -2.10. The van der Waals surface area contributed by atoms with Gasteiger partial charge in [-0.2, -0.15) is 10.2 Å². The Balaban J connectivity index is 3.03. The van der Waals surface area contributed by atoms with Crippen molar-refractivity contribution in [3.63, 3.8) is 0 Å². The van der Waals surface area contributed by atoms with E-state index in [1.165, 1.54) is 0 Å². The molecule has 4 nitrogen and oxygen atoms in total. The zero-order valence-electron chi connectivity index (χ0n) is 8.75. The van der Waals surface area contributed by atoms with Gasteiger partial charge in [0.1, 0.15) is 0 Å². The van der Waals surface area contributed by atoms with E-state index < -0.39 is 0 Å². The van der Waals surface area contributed by atoms with Gasteiger partial charge in [0, 0.05) is 18.7 Å². The van der Waals surface area contributed by atoms with Crippen LogP contribution in [0.1, 0.15) is 24.2 Å². The van der Waals surface area contributed by atoms with Crippen molar-refractivity contribution in [1.29, 1.82) is 5.26 Å². The van der Waals surface area contributed by atoms with Crippen LogP contribution >= 0.6 is 15.9 Å². The molecule has 1 aromatic rings. The fraction of sp³-hybridized carbons (Fsp3) is 0.500. The minimum absolute atomic E-state index is 0.244. The number of nitrogens with zero attached hydrogens (tertiary/aromatic N) is 3. The van der Waals surface area contributed by atoms with Gasteiger partial charge in [0.15, 0.2) is 0 Å².